The first-order valence-electron chi connectivity index (χ1n) is 11.0. The number of rotatable bonds is 2. The van der Waals surface area contributed by atoms with E-state index >= 15 is 0 Å². The summed E-state index contributed by atoms with van der Waals surface area (Å²) in [5, 5.41) is 0. The van der Waals surface area contributed by atoms with Crippen LogP contribution >= 0.6 is 0 Å². The van der Waals surface area contributed by atoms with E-state index in [-0.39, 0.29) is 23.4 Å². The fourth-order valence-corrected chi connectivity index (χ4v) is 7.79. The molecule has 0 aromatic heterocycles. The van der Waals surface area contributed by atoms with Gasteiger partial charge in [0, 0.05) is 24.2 Å². The number of esters is 1. The van der Waals surface area contributed by atoms with Crippen LogP contribution in [0.4, 0.5) is 0 Å². The van der Waals surface area contributed by atoms with Crippen molar-refractivity contribution < 1.29 is 14.3 Å². The molecule has 0 aromatic rings. The van der Waals surface area contributed by atoms with Gasteiger partial charge in [0.15, 0.2) is 0 Å². The predicted molar refractivity (Wildman–Crippen MR) is 101 cm³/mol. The van der Waals surface area contributed by atoms with Crippen molar-refractivity contribution in [2.75, 3.05) is 0 Å². The highest BCUT2D eigenvalue weighted by molar-refractivity contribution is 5.82. The lowest BCUT2D eigenvalue weighted by Crippen LogP contribution is -2.55. The van der Waals surface area contributed by atoms with Crippen LogP contribution in [0.2, 0.25) is 0 Å². The predicted octanol–water partition coefficient (Wildman–Crippen LogP) is 5.17. The van der Waals surface area contributed by atoms with Crippen molar-refractivity contribution in [1.29, 1.82) is 0 Å². The highest BCUT2D eigenvalue weighted by Gasteiger charge is 2.61. The smallest absolute Gasteiger partial charge is 0.305 e. The highest BCUT2D eigenvalue weighted by atomic mass is 16.5. The Hall–Kier alpha value is -0.860. The number of hydrogen-bond donors (Lipinski definition) is 0. The van der Waals surface area contributed by atoms with Crippen molar-refractivity contribution in [2.24, 2.45) is 40.4 Å². The van der Waals surface area contributed by atoms with Gasteiger partial charge in [0.2, 0.25) is 0 Å². The molecule has 4 aliphatic rings. The Morgan fingerprint density at radius 2 is 1.81 bits per heavy atom. The minimum Gasteiger partial charge on any atom is -0.462 e. The lowest BCUT2D eigenvalue weighted by Gasteiger charge is -2.60. The van der Waals surface area contributed by atoms with Crippen LogP contribution in [0, 0.1) is 40.4 Å². The third-order valence-electron chi connectivity index (χ3n) is 9.28. The second kappa shape index (κ2) is 6.34. The zero-order valence-corrected chi connectivity index (χ0v) is 17.1. The molecule has 26 heavy (non-hydrogen) atoms. The van der Waals surface area contributed by atoms with E-state index in [1.54, 1.807) is 0 Å². The first-order chi connectivity index (χ1) is 12.3. The maximum atomic E-state index is 12.3. The maximum Gasteiger partial charge on any atom is 0.305 e. The van der Waals surface area contributed by atoms with Gasteiger partial charge in [0.25, 0.3) is 0 Å². The van der Waals surface area contributed by atoms with E-state index in [0.717, 1.165) is 31.1 Å². The minimum atomic E-state index is -0.0331. The van der Waals surface area contributed by atoms with E-state index in [9.17, 15) is 9.59 Å². The van der Waals surface area contributed by atoms with Gasteiger partial charge in [0.05, 0.1) is 0 Å². The Bertz CT molecular complexity index is 598. The molecule has 0 amide bonds. The monoisotopic (exact) mass is 360 g/mol. The van der Waals surface area contributed by atoms with Gasteiger partial charge in [-0.3, -0.25) is 9.59 Å². The molecular formula is C23H36O3. The van der Waals surface area contributed by atoms with Crippen molar-refractivity contribution >= 4 is 11.8 Å². The molecule has 4 fully saturated rings. The number of carbonyl (C=O) groups is 2. The van der Waals surface area contributed by atoms with Gasteiger partial charge in [-0.25, -0.2) is 0 Å². The van der Waals surface area contributed by atoms with Gasteiger partial charge >= 0.3 is 5.97 Å². The topological polar surface area (TPSA) is 43.4 Å². The van der Waals surface area contributed by atoms with Crippen molar-refractivity contribution in [3.63, 3.8) is 0 Å². The molecule has 3 heteroatoms. The fraction of sp³-hybridized carbons (Fsp3) is 0.913. The Kier molecular flexibility index (Phi) is 4.51. The molecule has 0 aromatic carbocycles. The molecule has 3 nitrogen and oxygen atoms in total. The normalized spacial score (nSPS) is 50.5. The van der Waals surface area contributed by atoms with Crippen LogP contribution < -0.4 is 0 Å². The number of carbonyl (C=O) groups excluding carboxylic acids is 2. The standard InChI is InChI=1S/C23H36O3/c1-5-21(25)26-20-9-8-17-16-7-6-15-12-19(24)14(2)13-23(15,4)18(16)10-11-22(17,20)3/h14-18,20H,5-13H2,1-4H3/t14-,15+,16-,17-,18-,20+,22-,23-/m0/s1. The number of hydrogen-bond acceptors (Lipinski definition) is 3. The summed E-state index contributed by atoms with van der Waals surface area (Å²) in [7, 11) is 0. The largest absolute Gasteiger partial charge is 0.462 e. The van der Waals surface area contributed by atoms with Crippen LogP contribution in [0.15, 0.2) is 0 Å². The number of ketones is 1. The summed E-state index contributed by atoms with van der Waals surface area (Å²) < 4.78 is 5.89. The van der Waals surface area contributed by atoms with Crippen molar-refractivity contribution in [3.05, 3.63) is 0 Å². The Labute approximate surface area is 158 Å². The van der Waals surface area contributed by atoms with E-state index in [1.165, 1.54) is 32.1 Å². The summed E-state index contributed by atoms with van der Waals surface area (Å²) in [5.41, 5.74) is 0.515. The van der Waals surface area contributed by atoms with Gasteiger partial charge in [-0.15, -0.1) is 0 Å². The zero-order valence-electron chi connectivity index (χ0n) is 17.1. The molecule has 0 heterocycles. The lowest BCUT2D eigenvalue weighted by atomic mass is 9.44. The summed E-state index contributed by atoms with van der Waals surface area (Å²) in [6.07, 6.45) is 9.72. The number of ether oxygens (including phenoxy) is 1. The van der Waals surface area contributed by atoms with E-state index in [0.29, 0.717) is 29.5 Å². The molecule has 4 rings (SSSR count). The average Bonchev–Trinajstić information content (AvgIpc) is 2.93. The van der Waals surface area contributed by atoms with E-state index in [2.05, 4.69) is 20.8 Å². The van der Waals surface area contributed by atoms with E-state index < -0.39 is 0 Å². The molecule has 4 saturated carbocycles. The fourth-order valence-electron chi connectivity index (χ4n) is 7.79. The molecule has 146 valence electrons. The van der Waals surface area contributed by atoms with Crippen LogP contribution in [0.5, 0.6) is 0 Å². The first kappa shape index (κ1) is 18.5. The first-order valence-corrected chi connectivity index (χ1v) is 11.0. The van der Waals surface area contributed by atoms with Crippen LogP contribution in [-0.4, -0.2) is 17.9 Å². The summed E-state index contributed by atoms with van der Waals surface area (Å²) in [4.78, 5) is 24.2. The van der Waals surface area contributed by atoms with E-state index in [1.807, 2.05) is 6.92 Å². The molecule has 0 saturated heterocycles. The van der Waals surface area contributed by atoms with Gasteiger partial charge in [-0.05, 0) is 74.0 Å². The molecule has 0 aliphatic heterocycles. The van der Waals surface area contributed by atoms with Crippen LogP contribution in [0.3, 0.4) is 0 Å². The molecular weight excluding hydrogens is 324 g/mol. The molecule has 0 unspecified atom stereocenters. The van der Waals surface area contributed by atoms with Crippen molar-refractivity contribution in [1.82, 2.24) is 0 Å². The molecule has 8 atom stereocenters. The zero-order chi connectivity index (χ0) is 18.7. The second-order valence-corrected chi connectivity index (χ2v) is 10.4. The van der Waals surface area contributed by atoms with Crippen LogP contribution in [0.25, 0.3) is 0 Å². The second-order valence-electron chi connectivity index (χ2n) is 10.4. The van der Waals surface area contributed by atoms with Gasteiger partial charge < -0.3 is 4.74 Å². The minimum absolute atomic E-state index is 0.0331. The van der Waals surface area contributed by atoms with Gasteiger partial charge in [-0.2, -0.15) is 0 Å². The van der Waals surface area contributed by atoms with Crippen LogP contribution in [0.1, 0.15) is 85.5 Å². The number of fused-ring (bicyclic) bond motifs is 5. The molecule has 4 aliphatic carbocycles. The summed E-state index contributed by atoms with van der Waals surface area (Å²) in [5.74, 6) is 3.53. The van der Waals surface area contributed by atoms with Crippen LogP contribution in [-0.2, 0) is 14.3 Å². The summed E-state index contributed by atoms with van der Waals surface area (Å²) >= 11 is 0. The van der Waals surface area contributed by atoms with Crippen molar-refractivity contribution in [3.8, 4) is 0 Å². The SMILES string of the molecule is CCC(=O)O[C@@H]1CC[C@H]2[C@@H]3CC[C@@H]4CC(=O)[C@@H](C)C[C@]4(C)[C@H]3CC[C@]12C. The molecule has 0 radical (unpaired) electrons. The Balaban J connectivity index is 1.57. The number of Topliss-reactive ketones (excluding diaryl/α,β-unsaturated/α-hetero) is 1. The third-order valence-corrected chi connectivity index (χ3v) is 9.28. The van der Waals surface area contributed by atoms with E-state index in [4.69, 9.17) is 4.74 Å². The Morgan fingerprint density at radius 1 is 1.08 bits per heavy atom. The Morgan fingerprint density at radius 3 is 2.54 bits per heavy atom. The molecule has 0 N–H and O–H groups in total. The molecule has 0 spiro atoms. The highest BCUT2D eigenvalue weighted by Crippen LogP contribution is 2.66. The van der Waals surface area contributed by atoms with Gasteiger partial charge in [0.1, 0.15) is 11.9 Å². The lowest BCUT2D eigenvalue weighted by molar-refractivity contribution is -0.165. The summed E-state index contributed by atoms with van der Waals surface area (Å²) in [6, 6.07) is 0. The average molecular weight is 361 g/mol. The molecule has 0 bridgehead atoms. The summed E-state index contributed by atoms with van der Waals surface area (Å²) in [6.45, 7) is 8.94. The maximum absolute atomic E-state index is 12.3. The third kappa shape index (κ3) is 2.59. The van der Waals surface area contributed by atoms with Gasteiger partial charge in [-0.1, -0.05) is 27.7 Å². The van der Waals surface area contributed by atoms with Crippen molar-refractivity contribution in [2.45, 2.75) is 91.6 Å². The quantitative estimate of drug-likeness (QED) is 0.638.